The topological polar surface area (TPSA) is 90.5 Å². The Morgan fingerprint density at radius 2 is 2.05 bits per heavy atom. The summed E-state index contributed by atoms with van der Waals surface area (Å²) >= 11 is 0. The molecule has 22 heavy (non-hydrogen) atoms. The number of hydrogen-bond donors (Lipinski definition) is 1. The highest BCUT2D eigenvalue weighted by molar-refractivity contribution is 6.02. The number of aromatic nitrogens is 2. The van der Waals surface area contributed by atoms with E-state index in [0.29, 0.717) is 28.2 Å². The largest absolute Gasteiger partial charge is 0.443 e. The lowest BCUT2D eigenvalue weighted by Crippen LogP contribution is -2.19. The van der Waals surface area contributed by atoms with E-state index >= 15 is 0 Å². The van der Waals surface area contributed by atoms with Gasteiger partial charge in [0, 0.05) is 36.1 Å². The summed E-state index contributed by atoms with van der Waals surface area (Å²) in [5.74, 6) is 0.176. The summed E-state index contributed by atoms with van der Waals surface area (Å²) in [6.07, 6.45) is 2.21. The standard InChI is InChI=1S/C15H15FN4O2/c1-9-19-6-11(7-20-9)12-4-3-10(5-13(12)16)14(18-2)8-22-15(17)21/h3-7H,8H2,1-2H3,(H2,17,21)/b18-14+. The molecule has 0 unspecified atom stereocenters. The molecule has 0 aliphatic rings. The number of rotatable bonds is 4. The lowest BCUT2D eigenvalue weighted by Gasteiger charge is -2.09. The van der Waals surface area contributed by atoms with Gasteiger partial charge in [-0.05, 0) is 13.0 Å². The molecule has 2 N–H and O–H groups in total. The van der Waals surface area contributed by atoms with Crippen LogP contribution < -0.4 is 5.73 Å². The maximum absolute atomic E-state index is 14.3. The van der Waals surface area contributed by atoms with Gasteiger partial charge in [0.2, 0.25) is 0 Å². The van der Waals surface area contributed by atoms with Crippen molar-refractivity contribution < 1.29 is 13.9 Å². The van der Waals surface area contributed by atoms with Crippen molar-refractivity contribution in [1.29, 1.82) is 0 Å². The molecular weight excluding hydrogens is 287 g/mol. The Labute approximate surface area is 126 Å². The Hall–Kier alpha value is -2.83. The molecule has 0 atom stereocenters. The van der Waals surface area contributed by atoms with E-state index in [9.17, 15) is 9.18 Å². The number of benzene rings is 1. The molecule has 0 spiro atoms. The third-order valence-corrected chi connectivity index (χ3v) is 3.02. The molecule has 0 saturated carbocycles. The summed E-state index contributed by atoms with van der Waals surface area (Å²) in [7, 11) is 1.53. The van der Waals surface area contributed by atoms with Crippen molar-refractivity contribution in [3.63, 3.8) is 0 Å². The molecule has 2 rings (SSSR count). The van der Waals surface area contributed by atoms with Gasteiger partial charge in [-0.2, -0.15) is 0 Å². The lowest BCUT2D eigenvalue weighted by atomic mass is 10.0. The summed E-state index contributed by atoms with van der Waals surface area (Å²) in [6.45, 7) is 1.64. The number of amides is 1. The molecule has 6 nitrogen and oxygen atoms in total. The molecule has 7 heteroatoms. The summed E-state index contributed by atoms with van der Waals surface area (Å²) in [5.41, 5.74) is 6.81. The fourth-order valence-corrected chi connectivity index (χ4v) is 1.88. The molecule has 0 saturated heterocycles. The summed E-state index contributed by atoms with van der Waals surface area (Å²) in [6, 6.07) is 4.61. The number of aryl methyl sites for hydroxylation is 1. The van der Waals surface area contributed by atoms with Gasteiger partial charge in [-0.1, -0.05) is 12.1 Å². The van der Waals surface area contributed by atoms with E-state index in [0.717, 1.165) is 0 Å². The van der Waals surface area contributed by atoms with Crippen LogP contribution in [0.1, 0.15) is 11.4 Å². The minimum Gasteiger partial charge on any atom is -0.443 e. The number of aliphatic imine (C=N–C) groups is 1. The summed E-state index contributed by atoms with van der Waals surface area (Å²) in [4.78, 5) is 22.7. The molecule has 0 aliphatic carbocycles. The van der Waals surface area contributed by atoms with Crippen LogP contribution in [0.2, 0.25) is 0 Å². The average molecular weight is 302 g/mol. The first kappa shape index (κ1) is 15.6. The molecule has 1 amide bonds. The third kappa shape index (κ3) is 3.63. The van der Waals surface area contributed by atoms with Crippen molar-refractivity contribution in [3.05, 3.63) is 47.8 Å². The van der Waals surface area contributed by atoms with Crippen LogP contribution in [0.5, 0.6) is 0 Å². The van der Waals surface area contributed by atoms with E-state index in [1.165, 1.54) is 13.1 Å². The number of hydrogen-bond acceptors (Lipinski definition) is 5. The summed E-state index contributed by atoms with van der Waals surface area (Å²) in [5, 5.41) is 0. The fraction of sp³-hybridized carbons (Fsp3) is 0.200. The quantitative estimate of drug-likeness (QED) is 0.876. The Bertz CT molecular complexity index is 714. The van der Waals surface area contributed by atoms with Gasteiger partial charge in [-0.25, -0.2) is 19.2 Å². The van der Waals surface area contributed by atoms with E-state index in [4.69, 9.17) is 5.73 Å². The SMILES string of the molecule is C/N=C(\COC(N)=O)c1ccc(-c2cnc(C)nc2)c(F)c1. The van der Waals surface area contributed by atoms with Crippen LogP contribution in [0, 0.1) is 12.7 Å². The first-order valence-corrected chi connectivity index (χ1v) is 6.48. The van der Waals surface area contributed by atoms with Gasteiger partial charge in [0.05, 0.1) is 5.71 Å². The zero-order chi connectivity index (χ0) is 16.1. The number of nitrogens with two attached hydrogens (primary N) is 1. The van der Waals surface area contributed by atoms with Crippen LogP contribution in [-0.2, 0) is 4.74 Å². The Morgan fingerprint density at radius 3 is 2.59 bits per heavy atom. The average Bonchev–Trinajstić information content (AvgIpc) is 2.49. The van der Waals surface area contributed by atoms with Crippen LogP contribution in [0.25, 0.3) is 11.1 Å². The van der Waals surface area contributed by atoms with Crippen molar-refractivity contribution in [1.82, 2.24) is 9.97 Å². The lowest BCUT2D eigenvalue weighted by molar-refractivity contribution is 0.173. The van der Waals surface area contributed by atoms with Gasteiger partial charge in [0.15, 0.2) is 0 Å². The molecule has 1 aromatic carbocycles. The van der Waals surface area contributed by atoms with E-state index in [1.54, 1.807) is 31.5 Å². The fourth-order valence-electron chi connectivity index (χ4n) is 1.88. The highest BCUT2D eigenvalue weighted by atomic mass is 19.1. The van der Waals surface area contributed by atoms with Crippen LogP contribution >= 0.6 is 0 Å². The highest BCUT2D eigenvalue weighted by Crippen LogP contribution is 2.22. The molecule has 0 fully saturated rings. The Kier molecular flexibility index (Phi) is 4.77. The van der Waals surface area contributed by atoms with Crippen molar-refractivity contribution >= 4 is 11.8 Å². The maximum atomic E-state index is 14.3. The first-order valence-electron chi connectivity index (χ1n) is 6.48. The molecule has 1 aromatic heterocycles. The zero-order valence-corrected chi connectivity index (χ0v) is 12.2. The highest BCUT2D eigenvalue weighted by Gasteiger charge is 2.11. The number of halogens is 1. The van der Waals surface area contributed by atoms with Crippen molar-refractivity contribution in [2.75, 3.05) is 13.7 Å². The molecule has 0 radical (unpaired) electrons. The van der Waals surface area contributed by atoms with Crippen LogP contribution in [0.15, 0.2) is 35.6 Å². The van der Waals surface area contributed by atoms with Gasteiger partial charge in [-0.3, -0.25) is 4.99 Å². The second-order valence-electron chi connectivity index (χ2n) is 4.49. The second-order valence-corrected chi connectivity index (χ2v) is 4.49. The van der Waals surface area contributed by atoms with Gasteiger partial charge < -0.3 is 10.5 Å². The van der Waals surface area contributed by atoms with Crippen LogP contribution in [0.3, 0.4) is 0 Å². The Balaban J connectivity index is 2.29. The number of nitrogens with zero attached hydrogens (tertiary/aromatic N) is 3. The summed E-state index contributed by atoms with van der Waals surface area (Å²) < 4.78 is 19.0. The molecule has 114 valence electrons. The van der Waals surface area contributed by atoms with Gasteiger partial charge in [-0.15, -0.1) is 0 Å². The molecule has 0 bridgehead atoms. The van der Waals surface area contributed by atoms with E-state index in [1.807, 2.05) is 0 Å². The molecular formula is C15H15FN4O2. The molecule has 0 aliphatic heterocycles. The minimum absolute atomic E-state index is 0.113. The van der Waals surface area contributed by atoms with E-state index in [2.05, 4.69) is 19.7 Å². The molecule has 2 aromatic rings. The smallest absolute Gasteiger partial charge is 0.404 e. The van der Waals surface area contributed by atoms with Gasteiger partial charge in [0.25, 0.3) is 0 Å². The van der Waals surface area contributed by atoms with Crippen molar-refractivity contribution in [3.8, 4) is 11.1 Å². The van der Waals surface area contributed by atoms with Crippen LogP contribution in [0.4, 0.5) is 9.18 Å². The van der Waals surface area contributed by atoms with Crippen molar-refractivity contribution in [2.24, 2.45) is 10.7 Å². The Morgan fingerprint density at radius 1 is 1.36 bits per heavy atom. The number of ether oxygens (including phenoxy) is 1. The van der Waals surface area contributed by atoms with Gasteiger partial charge >= 0.3 is 6.09 Å². The maximum Gasteiger partial charge on any atom is 0.404 e. The predicted octanol–water partition coefficient (Wildman–Crippen LogP) is 2.11. The van der Waals surface area contributed by atoms with Crippen molar-refractivity contribution in [2.45, 2.75) is 6.92 Å². The second kappa shape index (κ2) is 6.75. The van der Waals surface area contributed by atoms with E-state index in [-0.39, 0.29) is 6.61 Å². The first-order chi connectivity index (χ1) is 10.5. The normalized spacial score (nSPS) is 11.3. The minimum atomic E-state index is -0.907. The third-order valence-electron chi connectivity index (χ3n) is 3.02. The number of carbonyl (C=O) groups excluding carboxylic acids is 1. The number of primary amides is 1. The monoisotopic (exact) mass is 302 g/mol. The number of carbonyl (C=O) groups is 1. The van der Waals surface area contributed by atoms with E-state index < -0.39 is 11.9 Å². The zero-order valence-electron chi connectivity index (χ0n) is 12.2. The van der Waals surface area contributed by atoms with Crippen LogP contribution in [-0.4, -0.2) is 35.4 Å². The van der Waals surface area contributed by atoms with Gasteiger partial charge in [0.1, 0.15) is 18.2 Å². The molecule has 1 heterocycles. The predicted molar refractivity (Wildman–Crippen MR) is 80.2 cm³/mol.